The molecule has 0 aromatic rings. The van der Waals surface area contributed by atoms with E-state index in [9.17, 15) is 9.70 Å². The van der Waals surface area contributed by atoms with Gasteiger partial charge in [-0.2, -0.15) is 0 Å². The van der Waals surface area contributed by atoms with Gasteiger partial charge in [0.25, 0.3) is 0 Å². The summed E-state index contributed by atoms with van der Waals surface area (Å²) >= 11 is 0. The Hall–Kier alpha value is -1.52. The third-order valence-corrected chi connectivity index (χ3v) is 4.00. The highest BCUT2D eigenvalue weighted by atomic mass is 16.6. The highest BCUT2D eigenvalue weighted by Crippen LogP contribution is 2.44. The Morgan fingerprint density at radius 1 is 1.17 bits per heavy atom. The van der Waals surface area contributed by atoms with Crippen LogP contribution < -0.4 is 0 Å². The standard InChI is InChI=1S/C19H32N2O3/c1-18(2,3)12-13-9-14(10-13)16(21-23)11-15(20)7-8-17(22)24-19(4,5)6/h11,13-14,20H,7-10,12H2,1-6H3/b16-11-,20-15?. The average Bonchev–Trinajstić information content (AvgIpc) is 2.35. The molecule has 1 fully saturated rings. The van der Waals surface area contributed by atoms with Crippen molar-refractivity contribution in [2.75, 3.05) is 0 Å². The van der Waals surface area contributed by atoms with Crippen LogP contribution in [0.25, 0.3) is 0 Å². The van der Waals surface area contributed by atoms with Gasteiger partial charge in [-0.1, -0.05) is 20.8 Å². The first kappa shape index (κ1) is 20.5. The fraction of sp³-hybridized carbons (Fsp3) is 0.789. The van der Waals surface area contributed by atoms with Gasteiger partial charge in [-0.3, -0.25) is 4.79 Å². The summed E-state index contributed by atoms with van der Waals surface area (Å²) in [6.45, 7) is 12.1. The third-order valence-electron chi connectivity index (χ3n) is 4.00. The normalized spacial score (nSPS) is 21.8. The summed E-state index contributed by atoms with van der Waals surface area (Å²) in [4.78, 5) is 22.8. The van der Waals surface area contributed by atoms with Gasteiger partial charge in [0.05, 0.1) is 12.1 Å². The van der Waals surface area contributed by atoms with E-state index in [-0.39, 0.29) is 30.4 Å². The van der Waals surface area contributed by atoms with Gasteiger partial charge >= 0.3 is 5.97 Å². The zero-order valence-corrected chi connectivity index (χ0v) is 15.9. The van der Waals surface area contributed by atoms with Crippen molar-refractivity contribution in [2.24, 2.45) is 22.4 Å². The fourth-order valence-electron chi connectivity index (χ4n) is 3.11. The molecule has 0 spiro atoms. The van der Waals surface area contributed by atoms with E-state index in [4.69, 9.17) is 10.1 Å². The van der Waals surface area contributed by atoms with E-state index in [1.807, 2.05) is 20.8 Å². The highest BCUT2D eigenvalue weighted by Gasteiger charge is 2.34. The van der Waals surface area contributed by atoms with Gasteiger partial charge < -0.3 is 10.1 Å². The first-order valence-corrected chi connectivity index (χ1v) is 8.74. The molecule has 1 aliphatic carbocycles. The molecule has 1 aliphatic rings. The molecular weight excluding hydrogens is 304 g/mol. The van der Waals surface area contributed by atoms with Crippen molar-refractivity contribution in [2.45, 2.75) is 79.2 Å². The van der Waals surface area contributed by atoms with Gasteiger partial charge in [-0.15, -0.1) is 4.91 Å². The summed E-state index contributed by atoms with van der Waals surface area (Å²) in [6, 6.07) is 0. The molecule has 0 aromatic carbocycles. The maximum absolute atomic E-state index is 11.7. The second kappa shape index (κ2) is 8.04. The zero-order chi connectivity index (χ0) is 18.5. The van der Waals surface area contributed by atoms with Crippen LogP contribution in [0, 0.1) is 27.6 Å². The van der Waals surface area contributed by atoms with Crippen LogP contribution in [0.5, 0.6) is 0 Å². The molecule has 0 aliphatic heterocycles. The van der Waals surface area contributed by atoms with Gasteiger partial charge in [0.15, 0.2) is 0 Å². The minimum Gasteiger partial charge on any atom is -0.460 e. The van der Waals surface area contributed by atoms with Crippen molar-refractivity contribution < 1.29 is 9.53 Å². The molecule has 1 N–H and O–H groups in total. The monoisotopic (exact) mass is 336 g/mol. The number of nitrogens with one attached hydrogen (secondary N) is 1. The minimum atomic E-state index is -0.515. The van der Waals surface area contributed by atoms with E-state index in [1.165, 1.54) is 6.08 Å². The lowest BCUT2D eigenvalue weighted by molar-refractivity contribution is -0.154. The zero-order valence-electron chi connectivity index (χ0n) is 15.9. The first-order chi connectivity index (χ1) is 10.9. The number of carbonyl (C=O) groups excluding carboxylic acids is 1. The Morgan fingerprint density at radius 2 is 1.75 bits per heavy atom. The third kappa shape index (κ3) is 7.84. The van der Waals surface area contributed by atoms with Crippen molar-refractivity contribution in [3.8, 4) is 0 Å². The largest absolute Gasteiger partial charge is 0.460 e. The van der Waals surface area contributed by atoms with Crippen LogP contribution in [0.4, 0.5) is 0 Å². The summed E-state index contributed by atoms with van der Waals surface area (Å²) in [5, 5.41) is 11.1. The predicted molar refractivity (Wildman–Crippen MR) is 97.0 cm³/mol. The molecule has 0 bridgehead atoms. The summed E-state index contributed by atoms with van der Waals surface area (Å²) in [7, 11) is 0. The van der Waals surface area contributed by atoms with E-state index in [2.05, 4.69) is 25.9 Å². The number of hydrogen-bond acceptors (Lipinski definition) is 5. The number of rotatable bonds is 7. The minimum absolute atomic E-state index is 0.149. The lowest BCUT2D eigenvalue weighted by Crippen LogP contribution is -2.28. The average molecular weight is 336 g/mol. The smallest absolute Gasteiger partial charge is 0.306 e. The maximum Gasteiger partial charge on any atom is 0.306 e. The molecule has 0 amide bonds. The highest BCUT2D eigenvalue weighted by molar-refractivity contribution is 5.94. The summed E-state index contributed by atoms with van der Waals surface area (Å²) in [6.07, 6.45) is 5.03. The summed E-state index contributed by atoms with van der Waals surface area (Å²) < 4.78 is 5.22. The van der Waals surface area contributed by atoms with Crippen LogP contribution in [0.3, 0.4) is 0 Å². The van der Waals surface area contributed by atoms with Crippen molar-refractivity contribution in [1.29, 1.82) is 5.41 Å². The van der Waals surface area contributed by atoms with Gasteiger partial charge in [-0.25, -0.2) is 0 Å². The number of nitroso groups, excluding NO2 is 1. The van der Waals surface area contributed by atoms with E-state index in [0.29, 0.717) is 17.0 Å². The Bertz CT molecular complexity index is 504. The van der Waals surface area contributed by atoms with Gasteiger partial charge in [0, 0.05) is 11.6 Å². The molecule has 5 heteroatoms. The molecule has 1 saturated carbocycles. The molecule has 24 heavy (non-hydrogen) atoms. The van der Waals surface area contributed by atoms with E-state index < -0.39 is 5.60 Å². The van der Waals surface area contributed by atoms with Gasteiger partial charge in [0.2, 0.25) is 0 Å². The van der Waals surface area contributed by atoms with Crippen LogP contribution in [0.1, 0.15) is 73.6 Å². The Labute approximate surface area is 145 Å². The number of ether oxygens (including phenoxy) is 1. The van der Waals surface area contributed by atoms with Crippen LogP contribution in [0.2, 0.25) is 0 Å². The molecule has 5 nitrogen and oxygen atoms in total. The van der Waals surface area contributed by atoms with Crippen LogP contribution in [-0.4, -0.2) is 17.3 Å². The Balaban J connectivity index is 2.44. The van der Waals surface area contributed by atoms with Crippen molar-refractivity contribution in [1.82, 2.24) is 0 Å². The predicted octanol–water partition coefficient (Wildman–Crippen LogP) is 5.24. The van der Waals surface area contributed by atoms with Crippen molar-refractivity contribution >= 4 is 11.7 Å². The second-order valence-electron chi connectivity index (χ2n) is 9.07. The molecule has 0 saturated heterocycles. The summed E-state index contributed by atoms with van der Waals surface area (Å²) in [5.74, 6) is 0.475. The second-order valence-corrected chi connectivity index (χ2v) is 9.07. The first-order valence-electron chi connectivity index (χ1n) is 8.74. The topological polar surface area (TPSA) is 79.6 Å². The van der Waals surface area contributed by atoms with Crippen LogP contribution >= 0.6 is 0 Å². The maximum atomic E-state index is 11.7. The summed E-state index contributed by atoms with van der Waals surface area (Å²) in [5.41, 5.74) is 0.497. The quantitative estimate of drug-likeness (QED) is 0.392. The fourth-order valence-corrected chi connectivity index (χ4v) is 3.11. The van der Waals surface area contributed by atoms with Crippen LogP contribution in [-0.2, 0) is 9.53 Å². The lowest BCUT2D eigenvalue weighted by Gasteiger charge is -2.38. The Morgan fingerprint density at radius 3 is 2.21 bits per heavy atom. The van der Waals surface area contributed by atoms with Crippen molar-refractivity contribution in [3.63, 3.8) is 0 Å². The number of allylic oxidation sites excluding steroid dienone is 2. The van der Waals surface area contributed by atoms with Crippen LogP contribution in [0.15, 0.2) is 16.9 Å². The van der Waals surface area contributed by atoms with Crippen molar-refractivity contribution in [3.05, 3.63) is 16.7 Å². The molecule has 0 heterocycles. The van der Waals surface area contributed by atoms with Gasteiger partial charge in [-0.05, 0) is 69.0 Å². The molecule has 0 unspecified atom stereocenters. The molecule has 0 radical (unpaired) electrons. The lowest BCUT2D eigenvalue weighted by atomic mass is 9.67. The number of nitrogens with zero attached hydrogens (tertiary/aromatic N) is 1. The van der Waals surface area contributed by atoms with E-state index >= 15 is 0 Å². The van der Waals surface area contributed by atoms with Gasteiger partial charge in [0.1, 0.15) is 5.60 Å². The molecule has 1 rings (SSSR count). The number of carbonyl (C=O) groups is 1. The Kier molecular flexibility index (Phi) is 6.87. The molecule has 136 valence electrons. The number of hydrogen-bond donors (Lipinski definition) is 1. The molecular formula is C19H32N2O3. The van der Waals surface area contributed by atoms with E-state index in [1.54, 1.807) is 0 Å². The number of esters is 1. The molecule has 0 atom stereocenters. The molecule has 0 aromatic heterocycles. The SMILES string of the molecule is CC(C)(C)CC1CC(/C(=C/C(=N)CCC(=O)OC(C)(C)C)N=O)C1. The van der Waals surface area contributed by atoms with E-state index in [0.717, 1.165) is 19.3 Å².